The second-order valence-electron chi connectivity index (χ2n) is 5.08. The number of pyridine rings is 1. The number of hydrogen-bond donors (Lipinski definition) is 1. The third-order valence-corrected chi connectivity index (χ3v) is 3.38. The normalized spacial score (nSPS) is 13.2. The molecule has 0 radical (unpaired) electrons. The van der Waals surface area contributed by atoms with Crippen LogP contribution in [-0.2, 0) is 0 Å². The van der Waals surface area contributed by atoms with Gasteiger partial charge in [0.1, 0.15) is 0 Å². The zero-order chi connectivity index (χ0) is 13.4. The molecule has 0 saturated heterocycles. The molecule has 0 fully saturated rings. The summed E-state index contributed by atoms with van der Waals surface area (Å²) in [7, 11) is 0. The van der Waals surface area contributed by atoms with Gasteiger partial charge in [-0.25, -0.2) is 0 Å². The van der Waals surface area contributed by atoms with Crippen LogP contribution in [0.2, 0.25) is 0 Å². The highest BCUT2D eigenvalue weighted by Gasteiger charge is 2.21. The van der Waals surface area contributed by atoms with Gasteiger partial charge in [-0.2, -0.15) is 0 Å². The minimum Gasteiger partial charge on any atom is -0.329 e. The molecule has 0 spiro atoms. The highest BCUT2D eigenvalue weighted by molar-refractivity contribution is 5.14. The van der Waals surface area contributed by atoms with Crippen molar-refractivity contribution in [3.63, 3.8) is 0 Å². The summed E-state index contributed by atoms with van der Waals surface area (Å²) in [5.74, 6) is 0. The van der Waals surface area contributed by atoms with E-state index in [-0.39, 0.29) is 6.04 Å². The topological polar surface area (TPSA) is 42.1 Å². The fourth-order valence-corrected chi connectivity index (χ4v) is 2.35. The minimum absolute atomic E-state index is 0.288. The van der Waals surface area contributed by atoms with E-state index in [4.69, 9.17) is 5.73 Å². The molecule has 0 aliphatic carbocycles. The molecule has 0 bridgehead atoms. The van der Waals surface area contributed by atoms with Crippen molar-refractivity contribution in [2.45, 2.75) is 52.1 Å². The number of nitrogens with two attached hydrogens (primary N) is 1. The first-order valence-electron chi connectivity index (χ1n) is 7.06. The van der Waals surface area contributed by atoms with Crippen LogP contribution in [0, 0.1) is 0 Å². The van der Waals surface area contributed by atoms with Gasteiger partial charge in [0.2, 0.25) is 0 Å². The predicted octanol–water partition coefficient (Wildman–Crippen LogP) is 2.98. The molecule has 2 N–H and O–H groups in total. The SMILES string of the molecule is CCCCCN(C(C)C)C(CN)c1cccnc1. The zero-order valence-corrected chi connectivity index (χ0v) is 12.0. The summed E-state index contributed by atoms with van der Waals surface area (Å²) < 4.78 is 0. The lowest BCUT2D eigenvalue weighted by Crippen LogP contribution is -2.39. The van der Waals surface area contributed by atoms with Crippen molar-refractivity contribution in [1.82, 2.24) is 9.88 Å². The Morgan fingerprint density at radius 2 is 2.11 bits per heavy atom. The average molecular weight is 249 g/mol. The van der Waals surface area contributed by atoms with Crippen molar-refractivity contribution in [3.05, 3.63) is 30.1 Å². The van der Waals surface area contributed by atoms with E-state index in [0.29, 0.717) is 12.6 Å². The molecular weight excluding hydrogens is 222 g/mol. The number of hydrogen-bond acceptors (Lipinski definition) is 3. The number of unbranched alkanes of at least 4 members (excludes halogenated alkanes) is 2. The Balaban J connectivity index is 2.74. The van der Waals surface area contributed by atoms with E-state index in [1.807, 2.05) is 18.5 Å². The van der Waals surface area contributed by atoms with Crippen LogP contribution < -0.4 is 5.73 Å². The molecule has 0 aliphatic heterocycles. The fourth-order valence-electron chi connectivity index (χ4n) is 2.35. The van der Waals surface area contributed by atoms with Gasteiger partial charge in [-0.05, 0) is 38.4 Å². The van der Waals surface area contributed by atoms with Crippen LogP contribution in [0.3, 0.4) is 0 Å². The van der Waals surface area contributed by atoms with E-state index in [2.05, 4.69) is 36.7 Å². The largest absolute Gasteiger partial charge is 0.329 e. The molecule has 0 aromatic carbocycles. The molecule has 1 aromatic heterocycles. The van der Waals surface area contributed by atoms with E-state index in [1.54, 1.807) is 0 Å². The van der Waals surface area contributed by atoms with Gasteiger partial charge in [0.25, 0.3) is 0 Å². The number of aromatic nitrogens is 1. The molecule has 0 amide bonds. The standard InChI is InChI=1S/C15H27N3/c1-4-5-6-10-18(13(2)3)15(11-16)14-8-7-9-17-12-14/h7-9,12-13,15H,4-6,10-11,16H2,1-3H3. The molecular formula is C15H27N3. The van der Waals surface area contributed by atoms with E-state index < -0.39 is 0 Å². The summed E-state index contributed by atoms with van der Waals surface area (Å²) in [5.41, 5.74) is 7.21. The second kappa shape index (κ2) is 8.22. The van der Waals surface area contributed by atoms with E-state index in [1.165, 1.54) is 24.8 Å². The third kappa shape index (κ3) is 4.39. The molecule has 3 nitrogen and oxygen atoms in total. The Hall–Kier alpha value is -0.930. The fraction of sp³-hybridized carbons (Fsp3) is 0.667. The first-order chi connectivity index (χ1) is 8.70. The van der Waals surface area contributed by atoms with Crippen LogP contribution in [0.15, 0.2) is 24.5 Å². The Kier molecular flexibility index (Phi) is 6.91. The van der Waals surface area contributed by atoms with Crippen molar-refractivity contribution in [1.29, 1.82) is 0 Å². The Morgan fingerprint density at radius 1 is 1.33 bits per heavy atom. The van der Waals surface area contributed by atoms with Crippen LogP contribution >= 0.6 is 0 Å². The van der Waals surface area contributed by atoms with Crippen LogP contribution in [0.5, 0.6) is 0 Å². The van der Waals surface area contributed by atoms with Gasteiger partial charge in [0.05, 0.1) is 0 Å². The maximum atomic E-state index is 5.98. The monoisotopic (exact) mass is 249 g/mol. The van der Waals surface area contributed by atoms with Gasteiger partial charge in [-0.15, -0.1) is 0 Å². The average Bonchev–Trinajstić information content (AvgIpc) is 2.39. The van der Waals surface area contributed by atoms with Gasteiger partial charge in [-0.1, -0.05) is 25.8 Å². The molecule has 1 rings (SSSR count). The van der Waals surface area contributed by atoms with E-state index in [9.17, 15) is 0 Å². The third-order valence-electron chi connectivity index (χ3n) is 3.38. The maximum Gasteiger partial charge on any atom is 0.0488 e. The Morgan fingerprint density at radius 3 is 2.61 bits per heavy atom. The molecule has 0 aliphatic rings. The minimum atomic E-state index is 0.288. The van der Waals surface area contributed by atoms with Crippen LogP contribution in [0.1, 0.15) is 51.6 Å². The predicted molar refractivity (Wildman–Crippen MR) is 77.4 cm³/mol. The Bertz CT molecular complexity index is 311. The number of nitrogens with zero attached hydrogens (tertiary/aromatic N) is 2. The summed E-state index contributed by atoms with van der Waals surface area (Å²) >= 11 is 0. The second-order valence-corrected chi connectivity index (χ2v) is 5.08. The van der Waals surface area contributed by atoms with E-state index >= 15 is 0 Å². The van der Waals surface area contributed by atoms with Crippen molar-refractivity contribution >= 4 is 0 Å². The summed E-state index contributed by atoms with van der Waals surface area (Å²) in [6.45, 7) is 8.48. The van der Waals surface area contributed by atoms with Crippen molar-refractivity contribution in [2.24, 2.45) is 5.73 Å². The molecule has 3 heteroatoms. The lowest BCUT2D eigenvalue weighted by molar-refractivity contribution is 0.153. The van der Waals surface area contributed by atoms with Crippen LogP contribution in [-0.4, -0.2) is 29.0 Å². The summed E-state index contributed by atoms with van der Waals surface area (Å²) in [6.07, 6.45) is 7.53. The number of rotatable bonds is 8. The molecule has 18 heavy (non-hydrogen) atoms. The zero-order valence-electron chi connectivity index (χ0n) is 12.0. The van der Waals surface area contributed by atoms with Crippen LogP contribution in [0.4, 0.5) is 0 Å². The summed E-state index contributed by atoms with van der Waals surface area (Å²) in [5, 5.41) is 0. The lowest BCUT2D eigenvalue weighted by Gasteiger charge is -2.34. The molecule has 1 unspecified atom stereocenters. The van der Waals surface area contributed by atoms with E-state index in [0.717, 1.165) is 6.54 Å². The smallest absolute Gasteiger partial charge is 0.0488 e. The highest BCUT2D eigenvalue weighted by atomic mass is 15.2. The summed E-state index contributed by atoms with van der Waals surface area (Å²) in [4.78, 5) is 6.70. The Labute approximate surface area is 111 Å². The highest BCUT2D eigenvalue weighted by Crippen LogP contribution is 2.21. The molecule has 1 heterocycles. The maximum absolute atomic E-state index is 5.98. The van der Waals surface area contributed by atoms with Crippen molar-refractivity contribution < 1.29 is 0 Å². The van der Waals surface area contributed by atoms with Gasteiger partial charge in [0.15, 0.2) is 0 Å². The van der Waals surface area contributed by atoms with Crippen LogP contribution in [0.25, 0.3) is 0 Å². The lowest BCUT2D eigenvalue weighted by atomic mass is 10.0. The van der Waals surface area contributed by atoms with Crippen molar-refractivity contribution in [2.75, 3.05) is 13.1 Å². The van der Waals surface area contributed by atoms with Gasteiger partial charge >= 0.3 is 0 Å². The first kappa shape index (κ1) is 15.1. The molecule has 1 aromatic rings. The molecule has 0 saturated carbocycles. The van der Waals surface area contributed by atoms with Gasteiger partial charge in [0, 0.05) is 31.0 Å². The van der Waals surface area contributed by atoms with Crippen molar-refractivity contribution in [3.8, 4) is 0 Å². The quantitative estimate of drug-likeness (QED) is 0.720. The van der Waals surface area contributed by atoms with Gasteiger partial charge in [-0.3, -0.25) is 9.88 Å². The van der Waals surface area contributed by atoms with Gasteiger partial charge < -0.3 is 5.73 Å². The molecule has 102 valence electrons. The first-order valence-corrected chi connectivity index (χ1v) is 7.06. The summed E-state index contributed by atoms with van der Waals surface area (Å²) in [6, 6.07) is 4.91. The molecule has 1 atom stereocenters.